The summed E-state index contributed by atoms with van der Waals surface area (Å²) in [5.74, 6) is 0. The zero-order valence-electron chi connectivity index (χ0n) is 8.63. The number of halogens is 1. The molecule has 0 fully saturated rings. The minimum Gasteiger partial charge on any atom is -0.233 e. The molecule has 78 valence electrons. The fourth-order valence-corrected chi connectivity index (χ4v) is 2.54. The number of aromatic nitrogens is 3. The van der Waals surface area contributed by atoms with Crippen LogP contribution in [-0.4, -0.2) is 14.6 Å². The predicted octanol–water partition coefficient (Wildman–Crippen LogP) is 2.57. The number of hydrogen-bond acceptors (Lipinski definition) is 2. The largest absolute Gasteiger partial charge is 0.233 e. The van der Waals surface area contributed by atoms with Crippen molar-refractivity contribution in [3.63, 3.8) is 0 Å². The van der Waals surface area contributed by atoms with Crippen LogP contribution in [0.3, 0.4) is 0 Å². The number of hydrogen-bond donors (Lipinski definition) is 0. The van der Waals surface area contributed by atoms with E-state index < -0.39 is 0 Å². The summed E-state index contributed by atoms with van der Waals surface area (Å²) in [5.41, 5.74) is 4.20. The van der Waals surface area contributed by atoms with Crippen LogP contribution in [0.5, 0.6) is 0 Å². The molecule has 15 heavy (non-hydrogen) atoms. The van der Waals surface area contributed by atoms with Crippen molar-refractivity contribution in [2.24, 2.45) is 0 Å². The van der Waals surface area contributed by atoms with Gasteiger partial charge in [-0.05, 0) is 32.6 Å². The van der Waals surface area contributed by atoms with Gasteiger partial charge in [0.1, 0.15) is 5.15 Å². The van der Waals surface area contributed by atoms with Gasteiger partial charge < -0.3 is 0 Å². The van der Waals surface area contributed by atoms with Crippen molar-refractivity contribution < 1.29 is 0 Å². The molecule has 0 unspecified atom stereocenters. The van der Waals surface area contributed by atoms with Crippen LogP contribution >= 0.6 is 11.6 Å². The van der Waals surface area contributed by atoms with Gasteiger partial charge in [0.25, 0.3) is 0 Å². The van der Waals surface area contributed by atoms with E-state index in [1.54, 1.807) is 4.52 Å². The van der Waals surface area contributed by atoms with Crippen molar-refractivity contribution in [3.05, 3.63) is 28.2 Å². The predicted molar refractivity (Wildman–Crippen MR) is 59.4 cm³/mol. The quantitative estimate of drug-likeness (QED) is 0.640. The fraction of sp³-hybridized carbons (Fsp3) is 0.455. The maximum atomic E-state index is 6.33. The maximum Gasteiger partial charge on any atom is 0.157 e. The van der Waals surface area contributed by atoms with Gasteiger partial charge in [0.05, 0.1) is 5.69 Å². The molecule has 3 nitrogen and oxygen atoms in total. The Labute approximate surface area is 93.1 Å². The summed E-state index contributed by atoms with van der Waals surface area (Å²) in [6, 6.07) is 1.97. The van der Waals surface area contributed by atoms with Gasteiger partial charge >= 0.3 is 0 Å². The molecule has 0 bridgehead atoms. The number of fused-ring (bicyclic) bond motifs is 2. The number of aryl methyl sites for hydroxylation is 2. The SMILES string of the molecule is Cc1cc2nc3c(c(Cl)n2n1)CCCC3. The van der Waals surface area contributed by atoms with E-state index in [1.165, 1.54) is 24.1 Å². The Kier molecular flexibility index (Phi) is 1.96. The van der Waals surface area contributed by atoms with E-state index in [-0.39, 0.29) is 0 Å². The monoisotopic (exact) mass is 221 g/mol. The molecule has 2 aromatic rings. The Morgan fingerprint density at radius 3 is 3.00 bits per heavy atom. The van der Waals surface area contributed by atoms with Gasteiger partial charge in [-0.3, -0.25) is 0 Å². The van der Waals surface area contributed by atoms with Gasteiger partial charge in [0.15, 0.2) is 5.65 Å². The second-order valence-electron chi connectivity index (χ2n) is 4.09. The normalized spacial score (nSPS) is 15.6. The molecule has 0 radical (unpaired) electrons. The van der Waals surface area contributed by atoms with Gasteiger partial charge in [-0.25, -0.2) is 9.50 Å². The lowest BCUT2D eigenvalue weighted by molar-refractivity contribution is 0.660. The van der Waals surface area contributed by atoms with Crippen molar-refractivity contribution in [1.29, 1.82) is 0 Å². The molecule has 1 aliphatic carbocycles. The minimum absolute atomic E-state index is 0.753. The number of rotatable bonds is 0. The van der Waals surface area contributed by atoms with Crippen LogP contribution in [0.15, 0.2) is 6.07 Å². The molecule has 0 aliphatic heterocycles. The summed E-state index contributed by atoms with van der Waals surface area (Å²) in [6.45, 7) is 1.96. The van der Waals surface area contributed by atoms with E-state index in [2.05, 4.69) is 10.1 Å². The van der Waals surface area contributed by atoms with E-state index in [0.29, 0.717) is 0 Å². The van der Waals surface area contributed by atoms with E-state index in [0.717, 1.165) is 29.3 Å². The van der Waals surface area contributed by atoms with Gasteiger partial charge in [-0.15, -0.1) is 0 Å². The van der Waals surface area contributed by atoms with Gasteiger partial charge in [-0.2, -0.15) is 5.10 Å². The molecule has 0 atom stereocenters. The molecule has 0 saturated carbocycles. The highest BCUT2D eigenvalue weighted by Crippen LogP contribution is 2.27. The van der Waals surface area contributed by atoms with Crippen molar-refractivity contribution in [3.8, 4) is 0 Å². The van der Waals surface area contributed by atoms with Gasteiger partial charge in [-0.1, -0.05) is 11.6 Å². The highest BCUT2D eigenvalue weighted by molar-refractivity contribution is 6.30. The zero-order chi connectivity index (χ0) is 10.4. The molecule has 3 rings (SSSR count). The van der Waals surface area contributed by atoms with Crippen LogP contribution in [0.2, 0.25) is 5.15 Å². The Morgan fingerprint density at radius 1 is 1.33 bits per heavy atom. The van der Waals surface area contributed by atoms with Crippen LogP contribution in [0.25, 0.3) is 5.65 Å². The van der Waals surface area contributed by atoms with Crippen molar-refractivity contribution >= 4 is 17.2 Å². The van der Waals surface area contributed by atoms with E-state index in [4.69, 9.17) is 11.6 Å². The smallest absolute Gasteiger partial charge is 0.157 e. The molecule has 4 heteroatoms. The fourth-order valence-electron chi connectivity index (χ4n) is 2.21. The molecule has 0 spiro atoms. The molecule has 2 heterocycles. The van der Waals surface area contributed by atoms with Crippen molar-refractivity contribution in [2.75, 3.05) is 0 Å². The van der Waals surface area contributed by atoms with E-state index in [1.807, 2.05) is 13.0 Å². The third-order valence-electron chi connectivity index (χ3n) is 2.94. The van der Waals surface area contributed by atoms with Crippen LogP contribution in [0.4, 0.5) is 0 Å². The van der Waals surface area contributed by atoms with Gasteiger partial charge in [0, 0.05) is 17.3 Å². The first kappa shape index (κ1) is 9.16. The Balaban J connectivity index is 2.35. The topological polar surface area (TPSA) is 30.2 Å². The maximum absolute atomic E-state index is 6.33. The highest BCUT2D eigenvalue weighted by atomic mass is 35.5. The molecule has 0 aromatic carbocycles. The summed E-state index contributed by atoms with van der Waals surface area (Å²) in [6.07, 6.45) is 4.52. The Bertz CT molecular complexity index is 530. The number of nitrogens with zero attached hydrogens (tertiary/aromatic N) is 3. The van der Waals surface area contributed by atoms with Crippen LogP contribution in [-0.2, 0) is 12.8 Å². The average Bonchev–Trinajstić information content (AvgIpc) is 2.59. The van der Waals surface area contributed by atoms with Crippen LogP contribution < -0.4 is 0 Å². The average molecular weight is 222 g/mol. The van der Waals surface area contributed by atoms with Gasteiger partial charge in [0.2, 0.25) is 0 Å². The summed E-state index contributed by atoms with van der Waals surface area (Å²) < 4.78 is 1.75. The molecular formula is C11H12ClN3. The highest BCUT2D eigenvalue weighted by Gasteiger charge is 2.17. The first-order valence-electron chi connectivity index (χ1n) is 5.29. The summed E-state index contributed by atoms with van der Waals surface area (Å²) >= 11 is 6.33. The second kappa shape index (κ2) is 3.20. The summed E-state index contributed by atoms with van der Waals surface area (Å²) in [7, 11) is 0. The van der Waals surface area contributed by atoms with E-state index >= 15 is 0 Å². The molecular weight excluding hydrogens is 210 g/mol. The Hall–Kier alpha value is -1.09. The second-order valence-corrected chi connectivity index (χ2v) is 4.45. The molecule has 2 aromatic heterocycles. The van der Waals surface area contributed by atoms with Crippen LogP contribution in [0, 0.1) is 6.92 Å². The third kappa shape index (κ3) is 1.34. The Morgan fingerprint density at radius 2 is 2.13 bits per heavy atom. The minimum atomic E-state index is 0.753. The molecule has 0 amide bonds. The lowest BCUT2D eigenvalue weighted by Crippen LogP contribution is -2.09. The summed E-state index contributed by atoms with van der Waals surface area (Å²) in [5, 5.41) is 5.10. The first-order valence-corrected chi connectivity index (χ1v) is 5.67. The van der Waals surface area contributed by atoms with E-state index in [9.17, 15) is 0 Å². The lowest BCUT2D eigenvalue weighted by Gasteiger charge is -2.16. The lowest BCUT2D eigenvalue weighted by atomic mass is 9.97. The third-order valence-corrected chi connectivity index (χ3v) is 3.32. The standard InChI is InChI=1S/C11H12ClN3/c1-7-6-10-13-9-5-3-2-4-8(9)11(12)15(10)14-7/h6H,2-5H2,1H3. The molecule has 0 saturated heterocycles. The zero-order valence-corrected chi connectivity index (χ0v) is 9.38. The molecule has 1 aliphatic rings. The molecule has 0 N–H and O–H groups in total. The first-order chi connectivity index (χ1) is 7.25. The van der Waals surface area contributed by atoms with Crippen molar-refractivity contribution in [2.45, 2.75) is 32.6 Å². The summed E-state index contributed by atoms with van der Waals surface area (Å²) in [4.78, 5) is 4.61. The van der Waals surface area contributed by atoms with Crippen molar-refractivity contribution in [1.82, 2.24) is 14.6 Å². The van der Waals surface area contributed by atoms with Crippen LogP contribution in [0.1, 0.15) is 29.8 Å².